The molecule has 2 aliphatic heterocycles. The van der Waals surface area contributed by atoms with Gasteiger partial charge in [-0.05, 0) is 56.4 Å². The molecule has 0 bridgehead atoms. The zero-order chi connectivity index (χ0) is 16.6. The molecule has 0 N–H and O–H groups in total. The Bertz CT molecular complexity index is 596. The van der Waals surface area contributed by atoms with Gasteiger partial charge in [0.05, 0.1) is 5.41 Å². The third-order valence-corrected chi connectivity index (χ3v) is 6.33. The molecule has 0 radical (unpaired) electrons. The minimum atomic E-state index is -0.204. The summed E-state index contributed by atoms with van der Waals surface area (Å²) in [6, 6.07) is 7.19. The van der Waals surface area contributed by atoms with Gasteiger partial charge in [0.1, 0.15) is 5.82 Å². The van der Waals surface area contributed by atoms with Gasteiger partial charge in [-0.1, -0.05) is 19.3 Å². The van der Waals surface area contributed by atoms with E-state index in [1.807, 2.05) is 12.1 Å². The van der Waals surface area contributed by atoms with Gasteiger partial charge in [-0.3, -0.25) is 4.79 Å². The van der Waals surface area contributed by atoms with Crippen LogP contribution in [0, 0.1) is 11.2 Å². The van der Waals surface area contributed by atoms with Gasteiger partial charge in [0.2, 0.25) is 5.91 Å². The predicted molar refractivity (Wildman–Crippen MR) is 93.5 cm³/mol. The number of likely N-dealkylation sites (tertiary alicyclic amines) is 1. The first-order valence-electron chi connectivity index (χ1n) is 9.50. The van der Waals surface area contributed by atoms with Gasteiger partial charge in [0.25, 0.3) is 0 Å². The minimum absolute atomic E-state index is 0.203. The van der Waals surface area contributed by atoms with Crippen LogP contribution in [0.15, 0.2) is 24.3 Å². The standard InChI is InChI=1S/C20H27FN2O/c21-16-7-9-17(10-8-16)22-13-4-11-20(15-22)12-14-23(19(20)24)18-5-2-1-3-6-18/h7-10,18H,1-6,11-15H2. The molecule has 2 heterocycles. The smallest absolute Gasteiger partial charge is 0.230 e. The van der Waals surface area contributed by atoms with E-state index in [4.69, 9.17) is 0 Å². The second kappa shape index (κ2) is 6.38. The van der Waals surface area contributed by atoms with Gasteiger partial charge in [0.15, 0.2) is 0 Å². The number of rotatable bonds is 2. The molecular formula is C20H27FN2O. The molecule has 130 valence electrons. The number of carbonyl (C=O) groups excluding carboxylic acids is 1. The van der Waals surface area contributed by atoms with E-state index in [2.05, 4.69) is 9.80 Å². The monoisotopic (exact) mass is 330 g/mol. The van der Waals surface area contributed by atoms with Crippen LogP contribution < -0.4 is 4.90 Å². The van der Waals surface area contributed by atoms with Crippen molar-refractivity contribution in [1.82, 2.24) is 4.90 Å². The summed E-state index contributed by atoms with van der Waals surface area (Å²) in [7, 11) is 0. The number of halogens is 1. The maximum Gasteiger partial charge on any atom is 0.230 e. The summed E-state index contributed by atoms with van der Waals surface area (Å²) in [6.45, 7) is 2.69. The second-order valence-electron chi connectivity index (χ2n) is 7.82. The van der Waals surface area contributed by atoms with Crippen LogP contribution in [0.5, 0.6) is 0 Å². The molecular weight excluding hydrogens is 303 g/mol. The number of piperidine rings is 1. The molecule has 1 aromatic rings. The molecule has 4 heteroatoms. The van der Waals surface area contributed by atoms with E-state index >= 15 is 0 Å². The molecule has 1 unspecified atom stereocenters. The molecule has 1 spiro atoms. The van der Waals surface area contributed by atoms with Crippen LogP contribution in [-0.2, 0) is 4.79 Å². The maximum absolute atomic E-state index is 13.3. The largest absolute Gasteiger partial charge is 0.370 e. The number of hydrogen-bond donors (Lipinski definition) is 0. The van der Waals surface area contributed by atoms with Crippen molar-refractivity contribution in [2.45, 2.75) is 57.4 Å². The topological polar surface area (TPSA) is 23.6 Å². The molecule has 1 atom stereocenters. The molecule has 3 aliphatic rings. The molecule has 3 nitrogen and oxygen atoms in total. The van der Waals surface area contributed by atoms with Gasteiger partial charge in [0, 0.05) is 31.4 Å². The fraction of sp³-hybridized carbons (Fsp3) is 0.650. The summed E-state index contributed by atoms with van der Waals surface area (Å²) < 4.78 is 13.2. The Morgan fingerprint density at radius 2 is 1.71 bits per heavy atom. The lowest BCUT2D eigenvalue weighted by Crippen LogP contribution is -2.49. The first-order chi connectivity index (χ1) is 11.7. The number of amides is 1. The van der Waals surface area contributed by atoms with Crippen molar-refractivity contribution >= 4 is 11.6 Å². The van der Waals surface area contributed by atoms with Crippen molar-refractivity contribution in [3.63, 3.8) is 0 Å². The second-order valence-corrected chi connectivity index (χ2v) is 7.82. The molecule has 3 fully saturated rings. The highest BCUT2D eigenvalue weighted by molar-refractivity contribution is 5.86. The Kier molecular flexibility index (Phi) is 4.23. The lowest BCUT2D eigenvalue weighted by molar-refractivity contribution is -0.138. The first kappa shape index (κ1) is 15.9. The fourth-order valence-electron chi connectivity index (χ4n) is 4.97. The highest BCUT2D eigenvalue weighted by Gasteiger charge is 2.50. The van der Waals surface area contributed by atoms with E-state index in [0.717, 1.165) is 44.6 Å². The number of anilines is 1. The van der Waals surface area contributed by atoms with Gasteiger partial charge in [-0.15, -0.1) is 0 Å². The van der Waals surface area contributed by atoms with Crippen molar-refractivity contribution in [3.05, 3.63) is 30.1 Å². The Morgan fingerprint density at radius 3 is 2.46 bits per heavy atom. The van der Waals surface area contributed by atoms with Gasteiger partial charge in [-0.2, -0.15) is 0 Å². The quantitative estimate of drug-likeness (QED) is 0.819. The minimum Gasteiger partial charge on any atom is -0.370 e. The van der Waals surface area contributed by atoms with E-state index in [1.54, 1.807) is 0 Å². The van der Waals surface area contributed by atoms with E-state index in [9.17, 15) is 9.18 Å². The average molecular weight is 330 g/mol. The Morgan fingerprint density at radius 1 is 0.958 bits per heavy atom. The maximum atomic E-state index is 13.3. The van der Waals surface area contributed by atoms with Crippen molar-refractivity contribution in [3.8, 4) is 0 Å². The molecule has 1 amide bonds. The zero-order valence-electron chi connectivity index (χ0n) is 14.3. The predicted octanol–water partition coefficient (Wildman–Crippen LogP) is 3.98. The van der Waals surface area contributed by atoms with Crippen LogP contribution in [0.1, 0.15) is 51.4 Å². The van der Waals surface area contributed by atoms with Crippen LogP contribution in [-0.4, -0.2) is 36.5 Å². The van der Waals surface area contributed by atoms with Gasteiger partial charge in [-0.25, -0.2) is 4.39 Å². The van der Waals surface area contributed by atoms with Crippen molar-refractivity contribution < 1.29 is 9.18 Å². The lowest BCUT2D eigenvalue weighted by atomic mass is 9.78. The average Bonchev–Trinajstić information content (AvgIpc) is 2.93. The highest BCUT2D eigenvalue weighted by Crippen LogP contribution is 2.43. The zero-order valence-corrected chi connectivity index (χ0v) is 14.3. The molecule has 1 aliphatic carbocycles. The highest BCUT2D eigenvalue weighted by atomic mass is 19.1. The Hall–Kier alpha value is -1.58. The summed E-state index contributed by atoms with van der Waals surface area (Å²) in [5.41, 5.74) is 0.837. The third kappa shape index (κ3) is 2.80. The summed E-state index contributed by atoms with van der Waals surface area (Å²) in [5, 5.41) is 0. The normalized spacial score (nSPS) is 28.8. The summed E-state index contributed by atoms with van der Waals surface area (Å²) >= 11 is 0. The first-order valence-corrected chi connectivity index (χ1v) is 9.50. The number of benzene rings is 1. The van der Waals surface area contributed by atoms with Crippen molar-refractivity contribution in [2.24, 2.45) is 5.41 Å². The number of carbonyl (C=O) groups is 1. The SMILES string of the molecule is O=C1N(C2CCCCC2)CCC12CCCN(c1ccc(F)cc1)C2. The number of nitrogens with zero attached hydrogens (tertiary/aromatic N) is 2. The van der Waals surface area contributed by atoms with E-state index in [-0.39, 0.29) is 11.2 Å². The molecule has 2 saturated heterocycles. The van der Waals surface area contributed by atoms with Crippen LogP contribution >= 0.6 is 0 Å². The molecule has 1 aromatic carbocycles. The molecule has 24 heavy (non-hydrogen) atoms. The number of hydrogen-bond acceptors (Lipinski definition) is 2. The van der Waals surface area contributed by atoms with Gasteiger partial charge >= 0.3 is 0 Å². The summed E-state index contributed by atoms with van der Waals surface area (Å²) in [4.78, 5) is 17.7. The Balaban J connectivity index is 1.50. The summed E-state index contributed by atoms with van der Waals surface area (Å²) in [5.74, 6) is 0.187. The van der Waals surface area contributed by atoms with Crippen LogP contribution in [0.2, 0.25) is 0 Å². The van der Waals surface area contributed by atoms with Gasteiger partial charge < -0.3 is 9.80 Å². The van der Waals surface area contributed by atoms with E-state index in [1.165, 1.54) is 44.2 Å². The van der Waals surface area contributed by atoms with Crippen molar-refractivity contribution in [2.75, 3.05) is 24.5 Å². The molecule has 1 saturated carbocycles. The summed E-state index contributed by atoms with van der Waals surface area (Å²) in [6.07, 6.45) is 9.26. The van der Waals surface area contributed by atoms with E-state index < -0.39 is 0 Å². The molecule has 4 rings (SSSR count). The van der Waals surface area contributed by atoms with Crippen LogP contribution in [0.25, 0.3) is 0 Å². The molecule has 0 aromatic heterocycles. The van der Waals surface area contributed by atoms with Crippen molar-refractivity contribution in [1.29, 1.82) is 0 Å². The van der Waals surface area contributed by atoms with Crippen LogP contribution in [0.3, 0.4) is 0 Å². The Labute approximate surface area is 143 Å². The fourth-order valence-corrected chi connectivity index (χ4v) is 4.97. The van der Waals surface area contributed by atoms with Crippen LogP contribution in [0.4, 0.5) is 10.1 Å². The lowest BCUT2D eigenvalue weighted by Gasteiger charge is -2.41. The third-order valence-electron chi connectivity index (χ3n) is 6.33. The van der Waals surface area contributed by atoms with E-state index in [0.29, 0.717) is 11.9 Å².